The average Bonchev–Trinajstić information content (AvgIpc) is 2.23. The molecule has 0 atom stereocenters. The fourth-order valence-corrected chi connectivity index (χ4v) is 0.985. The molecule has 1 rings (SSSR count). The van der Waals surface area contributed by atoms with Gasteiger partial charge in [-0.25, -0.2) is 0 Å². The van der Waals surface area contributed by atoms with E-state index in [1.807, 2.05) is 20.3 Å². The van der Waals surface area contributed by atoms with Crippen LogP contribution in [0.15, 0.2) is 0 Å². The molecule has 3 nitrogen and oxygen atoms in total. The maximum absolute atomic E-state index is 9.96. The summed E-state index contributed by atoms with van der Waals surface area (Å²) in [6.45, 7) is 7.28. The minimum atomic E-state index is 0. The zero-order valence-corrected chi connectivity index (χ0v) is 10.8. The Bertz CT molecular complexity index is 115. The quantitative estimate of drug-likeness (QED) is 0.419. The van der Waals surface area contributed by atoms with Gasteiger partial charge < -0.3 is 14.5 Å². The minimum Gasteiger partial charge on any atom is -0.520 e. The van der Waals surface area contributed by atoms with Gasteiger partial charge in [0.25, 0.3) is 0 Å². The van der Waals surface area contributed by atoms with E-state index in [1.54, 1.807) is 4.90 Å². The third-order valence-electron chi connectivity index (χ3n) is 1.49. The van der Waals surface area contributed by atoms with Crippen molar-refractivity contribution >= 4 is 12.7 Å². The Kier molecular flexibility index (Phi) is 25.6. The molecule has 0 bridgehead atoms. The number of likely N-dealkylation sites (tertiary alicyclic amines) is 1. The van der Waals surface area contributed by atoms with Crippen LogP contribution in [0.1, 0.15) is 40.0 Å². The van der Waals surface area contributed by atoms with Gasteiger partial charge in [0.2, 0.25) is 0 Å². The number of amides is 1. The summed E-state index contributed by atoms with van der Waals surface area (Å²) in [5.41, 5.74) is 0. The summed E-state index contributed by atoms with van der Waals surface area (Å²) in [6.07, 6.45) is 6.24. The molecule has 0 aromatic heterocycles. The number of rotatable bonds is 1. The summed E-state index contributed by atoms with van der Waals surface area (Å²) in [4.78, 5) is 20.5. The second-order valence-electron chi connectivity index (χ2n) is 2.37. The Morgan fingerprint density at radius 2 is 1.50 bits per heavy atom. The molecule has 1 aliphatic heterocycles. The summed E-state index contributed by atoms with van der Waals surface area (Å²) >= 11 is 0. The fraction of sp³-hybridized carbons (Fsp3) is 0.800. The number of aldehydes is 1. The Labute approximate surface area is 100.0 Å². The molecule has 1 amide bonds. The van der Waals surface area contributed by atoms with Crippen molar-refractivity contribution in [1.82, 2.24) is 4.90 Å². The first kappa shape index (κ1) is 19.4. The van der Waals surface area contributed by atoms with Gasteiger partial charge >= 0.3 is 0 Å². The zero-order valence-electron chi connectivity index (χ0n) is 9.21. The molecule has 0 aromatic carbocycles. The molecule has 87 valence electrons. The molecule has 0 unspecified atom stereocenters. The molecule has 4 heteroatoms. The van der Waals surface area contributed by atoms with Crippen LogP contribution in [0.2, 0.25) is 0 Å². The van der Waals surface area contributed by atoms with Crippen molar-refractivity contribution in [1.29, 1.82) is 0 Å². The van der Waals surface area contributed by atoms with Crippen molar-refractivity contribution in [3.05, 3.63) is 0 Å². The third-order valence-corrected chi connectivity index (χ3v) is 1.49. The van der Waals surface area contributed by atoms with E-state index in [2.05, 4.69) is 0 Å². The summed E-state index contributed by atoms with van der Waals surface area (Å²) in [7, 11) is 0. The van der Waals surface area contributed by atoms with Crippen LogP contribution in [-0.2, 0) is 29.1 Å². The average molecular weight is 289 g/mol. The molecular formula is C10H20NO2Rh-. The summed E-state index contributed by atoms with van der Waals surface area (Å²) in [5.74, 6) is 0. The maximum Gasteiger partial charge on any atom is 0.116 e. The van der Waals surface area contributed by atoms with Gasteiger partial charge in [-0.2, -0.15) is 6.41 Å². The van der Waals surface area contributed by atoms with Gasteiger partial charge in [-0.3, -0.25) is 0 Å². The molecule has 0 aliphatic carbocycles. The van der Waals surface area contributed by atoms with E-state index in [1.165, 1.54) is 13.3 Å². The van der Waals surface area contributed by atoms with Crippen LogP contribution in [0.4, 0.5) is 0 Å². The van der Waals surface area contributed by atoms with E-state index in [0.29, 0.717) is 0 Å². The molecule has 0 aromatic rings. The minimum absolute atomic E-state index is 0. The number of nitrogens with zero attached hydrogens (tertiary/aromatic N) is 1. The number of hydrogen-bond donors (Lipinski definition) is 0. The SMILES string of the molecule is CC.CC=O.O=[C-]N1CCCCC1.[Rh]. The van der Waals surface area contributed by atoms with E-state index in [4.69, 9.17) is 4.79 Å². The fourth-order valence-electron chi connectivity index (χ4n) is 0.985. The van der Waals surface area contributed by atoms with E-state index in [9.17, 15) is 4.79 Å². The van der Waals surface area contributed by atoms with Crippen molar-refractivity contribution in [3.63, 3.8) is 0 Å². The van der Waals surface area contributed by atoms with Crippen LogP contribution in [0.5, 0.6) is 0 Å². The second kappa shape index (κ2) is 18.5. The number of carbonyl (C=O) groups is 1. The van der Waals surface area contributed by atoms with Gasteiger partial charge in [-0.05, 0) is 32.9 Å². The summed E-state index contributed by atoms with van der Waals surface area (Å²) in [5, 5.41) is 0. The molecule has 1 radical (unpaired) electrons. The topological polar surface area (TPSA) is 37.4 Å². The Hall–Kier alpha value is -0.237. The van der Waals surface area contributed by atoms with Crippen LogP contribution >= 0.6 is 0 Å². The van der Waals surface area contributed by atoms with E-state index in [-0.39, 0.29) is 19.5 Å². The van der Waals surface area contributed by atoms with Gasteiger partial charge in [-0.15, -0.1) is 0 Å². The van der Waals surface area contributed by atoms with Crippen molar-refractivity contribution in [2.24, 2.45) is 0 Å². The predicted octanol–water partition coefficient (Wildman–Crippen LogP) is 1.77. The Morgan fingerprint density at radius 3 is 1.71 bits per heavy atom. The first-order valence-corrected chi connectivity index (χ1v) is 4.87. The molecule has 0 N–H and O–H groups in total. The molecule has 0 spiro atoms. The molecule has 1 aliphatic rings. The van der Waals surface area contributed by atoms with Crippen molar-refractivity contribution in [2.75, 3.05) is 13.1 Å². The normalized spacial score (nSPS) is 13.2. The van der Waals surface area contributed by atoms with Crippen molar-refractivity contribution in [2.45, 2.75) is 40.0 Å². The van der Waals surface area contributed by atoms with Crippen LogP contribution in [0.25, 0.3) is 0 Å². The molecule has 0 saturated carbocycles. The van der Waals surface area contributed by atoms with Crippen LogP contribution in [0.3, 0.4) is 0 Å². The number of piperidine rings is 1. The smallest absolute Gasteiger partial charge is 0.116 e. The maximum atomic E-state index is 9.96. The molecule has 1 fully saturated rings. The largest absolute Gasteiger partial charge is 0.520 e. The Morgan fingerprint density at radius 1 is 1.14 bits per heavy atom. The zero-order chi connectivity index (χ0) is 10.5. The third kappa shape index (κ3) is 14.3. The van der Waals surface area contributed by atoms with Crippen LogP contribution < -0.4 is 0 Å². The first-order chi connectivity index (χ1) is 6.35. The monoisotopic (exact) mass is 289 g/mol. The first-order valence-electron chi connectivity index (χ1n) is 4.87. The van der Waals surface area contributed by atoms with E-state index in [0.717, 1.165) is 32.2 Å². The predicted molar refractivity (Wildman–Crippen MR) is 54.2 cm³/mol. The second-order valence-corrected chi connectivity index (χ2v) is 2.37. The van der Waals surface area contributed by atoms with E-state index < -0.39 is 0 Å². The van der Waals surface area contributed by atoms with Gasteiger partial charge in [-0.1, -0.05) is 20.3 Å². The van der Waals surface area contributed by atoms with Crippen molar-refractivity contribution < 1.29 is 29.1 Å². The van der Waals surface area contributed by atoms with Gasteiger partial charge in [0.1, 0.15) is 6.29 Å². The van der Waals surface area contributed by atoms with Crippen LogP contribution in [-0.4, -0.2) is 30.7 Å². The van der Waals surface area contributed by atoms with Gasteiger partial charge in [0.15, 0.2) is 0 Å². The molecule has 14 heavy (non-hydrogen) atoms. The number of carbonyl (C=O) groups excluding carboxylic acids is 2. The molecular weight excluding hydrogens is 269 g/mol. The van der Waals surface area contributed by atoms with Crippen molar-refractivity contribution in [3.8, 4) is 0 Å². The molecule has 1 heterocycles. The standard InChI is InChI=1S/C6H10NO.C2H4O.C2H6.Rh/c8-6-7-4-2-1-3-5-7;1-2-3;1-2;/h1-5H2;2H,1H3;1-2H3;/q-1;;;. The summed E-state index contributed by atoms with van der Waals surface area (Å²) in [6, 6.07) is 0. The number of hydrogen-bond acceptors (Lipinski definition) is 2. The van der Waals surface area contributed by atoms with E-state index >= 15 is 0 Å². The Balaban J connectivity index is -0.000000176. The van der Waals surface area contributed by atoms with Gasteiger partial charge in [0.05, 0.1) is 0 Å². The van der Waals surface area contributed by atoms with Crippen LogP contribution in [0, 0.1) is 0 Å². The molecule has 1 saturated heterocycles. The van der Waals surface area contributed by atoms with Gasteiger partial charge in [0, 0.05) is 19.5 Å². The summed E-state index contributed by atoms with van der Waals surface area (Å²) < 4.78 is 0.